The predicted octanol–water partition coefficient (Wildman–Crippen LogP) is 1.53. The third-order valence-electron chi connectivity index (χ3n) is 2.80. The van der Waals surface area contributed by atoms with Gasteiger partial charge in [0, 0.05) is 29.3 Å². The molecule has 1 aliphatic heterocycles. The first kappa shape index (κ1) is 13.1. The number of benzene rings is 1. The molecule has 1 amide bonds. The van der Waals surface area contributed by atoms with Crippen LogP contribution in [-0.4, -0.2) is 35.8 Å². The Bertz CT molecular complexity index is 439. The highest BCUT2D eigenvalue weighted by atomic mass is 32.2. The van der Waals surface area contributed by atoms with Crippen LogP contribution in [0.4, 0.5) is 5.69 Å². The molecule has 0 aliphatic carbocycles. The number of carbonyl (C=O) groups is 2. The summed E-state index contributed by atoms with van der Waals surface area (Å²) in [6.07, 6.45) is 0. The summed E-state index contributed by atoms with van der Waals surface area (Å²) in [4.78, 5) is 23.1. The van der Waals surface area contributed by atoms with E-state index in [4.69, 9.17) is 0 Å². The number of hydrogen-bond donors (Lipinski definition) is 2. The molecule has 2 rings (SSSR count). The molecular weight excluding hydrogens is 248 g/mol. The van der Waals surface area contributed by atoms with Crippen LogP contribution in [0.25, 0.3) is 0 Å². The summed E-state index contributed by atoms with van der Waals surface area (Å²) in [6, 6.07) is 6.83. The van der Waals surface area contributed by atoms with Gasteiger partial charge in [0.1, 0.15) is 0 Å². The minimum absolute atomic E-state index is 0.0159. The van der Waals surface area contributed by atoms with Gasteiger partial charge >= 0.3 is 0 Å². The molecule has 2 N–H and O–H groups in total. The minimum atomic E-state index is -0.128. The molecule has 5 heteroatoms. The smallest absolute Gasteiger partial charge is 0.242 e. The summed E-state index contributed by atoms with van der Waals surface area (Å²) in [5, 5.41) is 6.03. The highest BCUT2D eigenvalue weighted by Crippen LogP contribution is 2.13. The standard InChI is InChI=1S/C13H16N2O2S/c1-9(16)10-2-4-11(5-3-10)15-13(17)12-8-18-7-6-14-12/h2-5,12,14H,6-8H2,1H3,(H,15,17). The molecular formula is C13H16N2O2S. The van der Waals surface area contributed by atoms with Crippen molar-refractivity contribution < 1.29 is 9.59 Å². The van der Waals surface area contributed by atoms with Crippen molar-refractivity contribution in [1.29, 1.82) is 0 Å². The summed E-state index contributed by atoms with van der Waals surface area (Å²) in [5.41, 5.74) is 1.38. The summed E-state index contributed by atoms with van der Waals surface area (Å²) in [7, 11) is 0. The van der Waals surface area contributed by atoms with Crippen molar-refractivity contribution >= 4 is 29.1 Å². The number of thioether (sulfide) groups is 1. The number of nitrogens with one attached hydrogen (secondary N) is 2. The lowest BCUT2D eigenvalue weighted by Crippen LogP contribution is -2.46. The molecule has 18 heavy (non-hydrogen) atoms. The van der Waals surface area contributed by atoms with Gasteiger partial charge in [0.2, 0.25) is 5.91 Å². The van der Waals surface area contributed by atoms with Gasteiger partial charge in [0.25, 0.3) is 0 Å². The minimum Gasteiger partial charge on any atom is -0.325 e. The number of hydrogen-bond acceptors (Lipinski definition) is 4. The molecule has 1 fully saturated rings. The number of rotatable bonds is 3. The molecule has 1 unspecified atom stereocenters. The van der Waals surface area contributed by atoms with Crippen LogP contribution in [-0.2, 0) is 4.79 Å². The molecule has 0 radical (unpaired) electrons. The van der Waals surface area contributed by atoms with Gasteiger partial charge in [0.05, 0.1) is 6.04 Å². The van der Waals surface area contributed by atoms with Gasteiger partial charge in [-0.15, -0.1) is 0 Å². The molecule has 0 spiro atoms. The van der Waals surface area contributed by atoms with E-state index in [1.807, 2.05) is 0 Å². The van der Waals surface area contributed by atoms with Gasteiger partial charge < -0.3 is 10.6 Å². The van der Waals surface area contributed by atoms with Crippen LogP contribution in [0.2, 0.25) is 0 Å². The van der Waals surface area contributed by atoms with Gasteiger partial charge in [-0.2, -0.15) is 11.8 Å². The zero-order chi connectivity index (χ0) is 13.0. The van der Waals surface area contributed by atoms with Crippen LogP contribution < -0.4 is 10.6 Å². The third kappa shape index (κ3) is 3.34. The van der Waals surface area contributed by atoms with E-state index in [0.29, 0.717) is 5.56 Å². The largest absolute Gasteiger partial charge is 0.325 e. The second-order valence-electron chi connectivity index (χ2n) is 4.20. The number of ketones is 1. The second kappa shape index (κ2) is 6.02. The zero-order valence-electron chi connectivity index (χ0n) is 10.2. The van der Waals surface area contributed by atoms with Gasteiger partial charge in [-0.3, -0.25) is 9.59 Å². The zero-order valence-corrected chi connectivity index (χ0v) is 11.0. The van der Waals surface area contributed by atoms with Crippen LogP contribution in [0.15, 0.2) is 24.3 Å². The highest BCUT2D eigenvalue weighted by Gasteiger charge is 2.20. The van der Waals surface area contributed by atoms with Crippen molar-refractivity contribution in [2.45, 2.75) is 13.0 Å². The Kier molecular flexibility index (Phi) is 4.38. The number of amides is 1. The first-order valence-electron chi connectivity index (χ1n) is 5.90. The molecule has 1 aromatic carbocycles. The lowest BCUT2D eigenvalue weighted by Gasteiger charge is -2.22. The predicted molar refractivity (Wildman–Crippen MR) is 74.2 cm³/mol. The first-order valence-corrected chi connectivity index (χ1v) is 7.05. The van der Waals surface area contributed by atoms with Crippen molar-refractivity contribution in [2.75, 3.05) is 23.4 Å². The Hall–Kier alpha value is -1.33. The Morgan fingerprint density at radius 2 is 2.06 bits per heavy atom. The molecule has 0 bridgehead atoms. The van der Waals surface area contributed by atoms with E-state index in [9.17, 15) is 9.59 Å². The van der Waals surface area contributed by atoms with E-state index >= 15 is 0 Å². The average Bonchev–Trinajstić information content (AvgIpc) is 2.40. The Labute approximate surface area is 111 Å². The number of carbonyl (C=O) groups excluding carboxylic acids is 2. The Morgan fingerprint density at radius 1 is 1.33 bits per heavy atom. The maximum atomic E-state index is 11.9. The average molecular weight is 264 g/mol. The SMILES string of the molecule is CC(=O)c1ccc(NC(=O)C2CSCCN2)cc1. The fourth-order valence-electron chi connectivity index (χ4n) is 1.75. The quantitative estimate of drug-likeness (QED) is 0.813. The van der Waals surface area contributed by atoms with Crippen molar-refractivity contribution in [3.05, 3.63) is 29.8 Å². The van der Waals surface area contributed by atoms with E-state index < -0.39 is 0 Å². The van der Waals surface area contributed by atoms with Gasteiger partial charge in [-0.05, 0) is 31.2 Å². The van der Waals surface area contributed by atoms with E-state index in [1.54, 1.807) is 36.0 Å². The lowest BCUT2D eigenvalue weighted by atomic mass is 10.1. The third-order valence-corrected chi connectivity index (χ3v) is 3.86. The molecule has 96 valence electrons. The van der Waals surface area contributed by atoms with Gasteiger partial charge in [0.15, 0.2) is 5.78 Å². The molecule has 0 saturated carbocycles. The molecule has 0 aromatic heterocycles. The highest BCUT2D eigenvalue weighted by molar-refractivity contribution is 7.99. The molecule has 1 atom stereocenters. The maximum Gasteiger partial charge on any atom is 0.242 e. The number of anilines is 1. The Balaban J connectivity index is 1.96. The van der Waals surface area contributed by atoms with E-state index in [-0.39, 0.29) is 17.7 Å². The fourth-order valence-corrected chi connectivity index (χ4v) is 2.69. The van der Waals surface area contributed by atoms with Gasteiger partial charge in [-0.25, -0.2) is 0 Å². The topological polar surface area (TPSA) is 58.2 Å². The monoisotopic (exact) mass is 264 g/mol. The second-order valence-corrected chi connectivity index (χ2v) is 5.35. The molecule has 4 nitrogen and oxygen atoms in total. The fraction of sp³-hybridized carbons (Fsp3) is 0.385. The van der Waals surface area contributed by atoms with E-state index in [1.165, 1.54) is 6.92 Å². The van der Waals surface area contributed by atoms with E-state index in [0.717, 1.165) is 23.7 Å². The van der Waals surface area contributed by atoms with Crippen molar-refractivity contribution in [3.63, 3.8) is 0 Å². The van der Waals surface area contributed by atoms with E-state index in [2.05, 4.69) is 10.6 Å². The molecule has 1 saturated heterocycles. The van der Waals surface area contributed by atoms with Crippen LogP contribution in [0, 0.1) is 0 Å². The summed E-state index contributed by atoms with van der Waals surface area (Å²) < 4.78 is 0. The normalized spacial score (nSPS) is 19.3. The number of Topliss-reactive ketones (excluding diaryl/α,β-unsaturated/α-hetero) is 1. The summed E-state index contributed by atoms with van der Waals surface area (Å²) in [6.45, 7) is 2.39. The molecule has 1 aliphatic rings. The van der Waals surface area contributed by atoms with Crippen LogP contribution >= 0.6 is 11.8 Å². The van der Waals surface area contributed by atoms with Crippen LogP contribution in [0.3, 0.4) is 0 Å². The van der Waals surface area contributed by atoms with Crippen LogP contribution in [0.1, 0.15) is 17.3 Å². The first-order chi connectivity index (χ1) is 8.66. The van der Waals surface area contributed by atoms with Crippen molar-refractivity contribution in [1.82, 2.24) is 5.32 Å². The van der Waals surface area contributed by atoms with Gasteiger partial charge in [-0.1, -0.05) is 0 Å². The lowest BCUT2D eigenvalue weighted by molar-refractivity contribution is -0.117. The van der Waals surface area contributed by atoms with Crippen molar-refractivity contribution in [3.8, 4) is 0 Å². The molecule has 1 aromatic rings. The van der Waals surface area contributed by atoms with Crippen LogP contribution in [0.5, 0.6) is 0 Å². The maximum absolute atomic E-state index is 11.9. The Morgan fingerprint density at radius 3 is 2.61 bits per heavy atom. The summed E-state index contributed by atoms with van der Waals surface area (Å²) in [5.74, 6) is 1.87. The van der Waals surface area contributed by atoms with Crippen molar-refractivity contribution in [2.24, 2.45) is 0 Å². The summed E-state index contributed by atoms with van der Waals surface area (Å²) >= 11 is 1.78. The molecule has 1 heterocycles.